The Bertz CT molecular complexity index is 678. The molecule has 150 valence electrons. The van der Waals surface area contributed by atoms with Crippen LogP contribution in [0.4, 0.5) is 0 Å². The van der Waals surface area contributed by atoms with Crippen LogP contribution < -0.4 is 10.1 Å². The summed E-state index contributed by atoms with van der Waals surface area (Å²) < 4.78 is 5.29. The first kappa shape index (κ1) is 21.8. The van der Waals surface area contributed by atoms with Gasteiger partial charge in [-0.25, -0.2) is 0 Å². The first-order chi connectivity index (χ1) is 12.5. The summed E-state index contributed by atoms with van der Waals surface area (Å²) >= 11 is 6.04. The number of hydrogen-bond acceptors (Lipinski definition) is 4. The van der Waals surface area contributed by atoms with Gasteiger partial charge in [0.1, 0.15) is 5.75 Å². The standard InChI is InChI=1S/C19H26ClN3O3.ClH/c1-13-12-21-7-10-23(13)18(24)14-5-8-22(9-6-14)19(25)16-11-15(20)3-4-17(16)26-2;/h3-4,11,13-14,21H,5-10,12H2,1-2H3;1H/t13-;/m0./s1. The third-order valence-electron chi connectivity index (χ3n) is 5.31. The van der Waals surface area contributed by atoms with Gasteiger partial charge in [0, 0.05) is 49.7 Å². The molecule has 0 saturated carbocycles. The van der Waals surface area contributed by atoms with Gasteiger partial charge in [-0.2, -0.15) is 0 Å². The van der Waals surface area contributed by atoms with Gasteiger partial charge in [0.05, 0.1) is 12.7 Å². The molecule has 2 aliphatic rings. The van der Waals surface area contributed by atoms with Crippen molar-refractivity contribution in [2.24, 2.45) is 5.92 Å². The molecule has 1 atom stereocenters. The second-order valence-electron chi connectivity index (χ2n) is 7.00. The van der Waals surface area contributed by atoms with Crippen molar-refractivity contribution in [1.82, 2.24) is 15.1 Å². The summed E-state index contributed by atoms with van der Waals surface area (Å²) in [6.45, 7) is 5.68. The predicted molar refractivity (Wildman–Crippen MR) is 108 cm³/mol. The smallest absolute Gasteiger partial charge is 0.257 e. The second-order valence-corrected chi connectivity index (χ2v) is 7.43. The maximum absolute atomic E-state index is 12.8. The average Bonchev–Trinajstić information content (AvgIpc) is 2.67. The van der Waals surface area contributed by atoms with E-state index in [-0.39, 0.29) is 36.2 Å². The summed E-state index contributed by atoms with van der Waals surface area (Å²) in [7, 11) is 1.54. The van der Waals surface area contributed by atoms with Gasteiger partial charge in [0.25, 0.3) is 5.91 Å². The number of halogens is 2. The number of likely N-dealkylation sites (tertiary alicyclic amines) is 1. The highest BCUT2D eigenvalue weighted by molar-refractivity contribution is 6.31. The Morgan fingerprint density at radius 1 is 1.22 bits per heavy atom. The topological polar surface area (TPSA) is 61.9 Å². The largest absolute Gasteiger partial charge is 0.496 e. The molecule has 2 fully saturated rings. The highest BCUT2D eigenvalue weighted by Crippen LogP contribution is 2.27. The van der Waals surface area contributed by atoms with Crippen LogP contribution in [0, 0.1) is 5.92 Å². The molecule has 0 unspecified atom stereocenters. The minimum atomic E-state index is -0.0919. The Labute approximate surface area is 171 Å². The summed E-state index contributed by atoms with van der Waals surface area (Å²) in [6, 6.07) is 5.28. The molecule has 1 aromatic carbocycles. The van der Waals surface area contributed by atoms with Gasteiger partial charge in [-0.1, -0.05) is 11.6 Å². The minimum absolute atomic E-state index is 0. The SMILES string of the molecule is COc1ccc(Cl)cc1C(=O)N1CCC(C(=O)N2CCNC[C@@H]2C)CC1.Cl. The van der Waals surface area contributed by atoms with Gasteiger partial charge in [0.2, 0.25) is 5.91 Å². The van der Waals surface area contributed by atoms with Crippen molar-refractivity contribution >= 4 is 35.8 Å². The molecule has 1 N–H and O–H groups in total. The fraction of sp³-hybridized carbons (Fsp3) is 0.579. The summed E-state index contributed by atoms with van der Waals surface area (Å²) in [4.78, 5) is 29.4. The zero-order valence-corrected chi connectivity index (χ0v) is 17.3. The van der Waals surface area contributed by atoms with Crippen LogP contribution in [0.2, 0.25) is 5.02 Å². The summed E-state index contributed by atoms with van der Waals surface area (Å²) in [5, 5.41) is 3.81. The fourth-order valence-electron chi connectivity index (χ4n) is 3.75. The van der Waals surface area contributed by atoms with E-state index in [2.05, 4.69) is 12.2 Å². The number of piperidine rings is 1. The average molecular weight is 416 g/mol. The molecule has 0 spiro atoms. The lowest BCUT2D eigenvalue weighted by molar-refractivity contribution is -0.139. The molecule has 2 saturated heterocycles. The molecular weight excluding hydrogens is 389 g/mol. The van der Waals surface area contributed by atoms with Crippen LogP contribution in [0.1, 0.15) is 30.1 Å². The van der Waals surface area contributed by atoms with Gasteiger partial charge in [-0.05, 0) is 38.0 Å². The lowest BCUT2D eigenvalue weighted by Crippen LogP contribution is -2.55. The van der Waals surface area contributed by atoms with Crippen LogP contribution >= 0.6 is 24.0 Å². The van der Waals surface area contributed by atoms with Crippen molar-refractivity contribution in [3.8, 4) is 5.75 Å². The highest BCUT2D eigenvalue weighted by atomic mass is 35.5. The van der Waals surface area contributed by atoms with Crippen LogP contribution in [-0.4, -0.2) is 67.5 Å². The van der Waals surface area contributed by atoms with E-state index in [1.165, 1.54) is 0 Å². The molecule has 3 rings (SSSR count). The second kappa shape index (κ2) is 9.62. The zero-order chi connectivity index (χ0) is 18.7. The summed E-state index contributed by atoms with van der Waals surface area (Å²) in [6.07, 6.45) is 1.40. The fourth-order valence-corrected chi connectivity index (χ4v) is 3.92. The van der Waals surface area contributed by atoms with E-state index in [1.807, 2.05) is 4.90 Å². The molecule has 1 aromatic rings. The molecule has 2 amide bonds. The summed E-state index contributed by atoms with van der Waals surface area (Å²) in [5.74, 6) is 0.658. The van der Waals surface area contributed by atoms with Gasteiger partial charge in [0.15, 0.2) is 0 Å². The first-order valence-corrected chi connectivity index (χ1v) is 9.53. The normalized spacial score (nSPS) is 20.8. The Morgan fingerprint density at radius 3 is 2.56 bits per heavy atom. The number of carbonyl (C=O) groups excluding carboxylic acids is 2. The molecule has 2 aliphatic heterocycles. The van der Waals surface area contributed by atoms with E-state index >= 15 is 0 Å². The van der Waals surface area contributed by atoms with Crippen molar-refractivity contribution in [1.29, 1.82) is 0 Å². The summed E-state index contributed by atoms with van der Waals surface area (Å²) in [5.41, 5.74) is 0.473. The third kappa shape index (κ3) is 4.86. The molecule has 0 bridgehead atoms. The van der Waals surface area contributed by atoms with E-state index in [1.54, 1.807) is 30.2 Å². The number of amides is 2. The van der Waals surface area contributed by atoms with Gasteiger partial charge >= 0.3 is 0 Å². The van der Waals surface area contributed by atoms with E-state index < -0.39 is 0 Å². The number of rotatable bonds is 3. The number of methoxy groups -OCH3 is 1. The third-order valence-corrected chi connectivity index (χ3v) is 5.54. The molecule has 0 aliphatic carbocycles. The number of nitrogens with zero attached hydrogens (tertiary/aromatic N) is 2. The van der Waals surface area contributed by atoms with E-state index in [0.717, 1.165) is 19.6 Å². The number of piperazine rings is 1. The van der Waals surface area contributed by atoms with Gasteiger partial charge < -0.3 is 19.9 Å². The Morgan fingerprint density at radius 2 is 1.93 bits per heavy atom. The zero-order valence-electron chi connectivity index (χ0n) is 15.7. The first-order valence-electron chi connectivity index (χ1n) is 9.15. The van der Waals surface area contributed by atoms with E-state index in [0.29, 0.717) is 42.3 Å². The minimum Gasteiger partial charge on any atom is -0.496 e. The van der Waals surface area contributed by atoms with Crippen molar-refractivity contribution < 1.29 is 14.3 Å². The van der Waals surface area contributed by atoms with E-state index in [9.17, 15) is 9.59 Å². The molecule has 2 heterocycles. The number of ether oxygens (including phenoxy) is 1. The highest BCUT2D eigenvalue weighted by Gasteiger charge is 2.33. The van der Waals surface area contributed by atoms with Gasteiger partial charge in [-0.3, -0.25) is 9.59 Å². The number of nitrogens with one attached hydrogen (secondary N) is 1. The molecular formula is C19H27Cl2N3O3. The van der Waals surface area contributed by atoms with E-state index in [4.69, 9.17) is 16.3 Å². The van der Waals surface area contributed by atoms with Crippen LogP contribution in [0.3, 0.4) is 0 Å². The Balaban J connectivity index is 0.00000261. The van der Waals surface area contributed by atoms with Crippen molar-refractivity contribution in [3.05, 3.63) is 28.8 Å². The number of carbonyl (C=O) groups is 2. The molecule has 0 radical (unpaired) electrons. The van der Waals surface area contributed by atoms with Crippen LogP contribution in [0.15, 0.2) is 18.2 Å². The molecule has 8 heteroatoms. The van der Waals surface area contributed by atoms with Crippen LogP contribution in [0.25, 0.3) is 0 Å². The van der Waals surface area contributed by atoms with Crippen LogP contribution in [0.5, 0.6) is 5.75 Å². The van der Waals surface area contributed by atoms with Crippen molar-refractivity contribution in [2.75, 3.05) is 39.8 Å². The Hall–Kier alpha value is -1.50. The Kier molecular flexibility index (Phi) is 7.77. The van der Waals surface area contributed by atoms with Crippen LogP contribution in [-0.2, 0) is 4.79 Å². The molecule has 27 heavy (non-hydrogen) atoms. The molecule has 0 aromatic heterocycles. The quantitative estimate of drug-likeness (QED) is 0.823. The maximum Gasteiger partial charge on any atom is 0.257 e. The molecule has 6 nitrogen and oxygen atoms in total. The maximum atomic E-state index is 12.8. The lowest BCUT2D eigenvalue weighted by Gasteiger charge is -2.39. The van der Waals surface area contributed by atoms with Crippen molar-refractivity contribution in [3.63, 3.8) is 0 Å². The van der Waals surface area contributed by atoms with Crippen molar-refractivity contribution in [2.45, 2.75) is 25.8 Å². The monoisotopic (exact) mass is 415 g/mol. The predicted octanol–water partition coefficient (Wildman–Crippen LogP) is 2.44. The number of benzene rings is 1. The lowest BCUT2D eigenvalue weighted by atomic mass is 9.94. The van der Waals surface area contributed by atoms with Gasteiger partial charge in [-0.15, -0.1) is 12.4 Å². The number of hydrogen-bond donors (Lipinski definition) is 1.